The van der Waals surface area contributed by atoms with Crippen LogP contribution >= 0.6 is 0 Å². The van der Waals surface area contributed by atoms with E-state index in [1.54, 1.807) is 0 Å². The first-order chi connectivity index (χ1) is 32.7. The molecule has 12 rings (SSSR count). The summed E-state index contributed by atoms with van der Waals surface area (Å²) in [5, 5.41) is 0. The molecule has 66 heavy (non-hydrogen) atoms. The number of benzene rings is 10. The van der Waals surface area contributed by atoms with Gasteiger partial charge in [-0.3, -0.25) is 0 Å². The van der Waals surface area contributed by atoms with Gasteiger partial charge in [0.1, 0.15) is 0 Å². The summed E-state index contributed by atoms with van der Waals surface area (Å²) < 4.78 is 0. The van der Waals surface area contributed by atoms with E-state index >= 15 is 0 Å². The molecular weight excluding hydrogens is 801 g/mol. The third kappa shape index (κ3) is 7.15. The van der Waals surface area contributed by atoms with Crippen molar-refractivity contribution in [3.05, 3.63) is 277 Å². The van der Waals surface area contributed by atoms with Crippen molar-refractivity contribution < 1.29 is 0 Å². The summed E-state index contributed by atoms with van der Waals surface area (Å²) in [4.78, 5) is 9.54. The summed E-state index contributed by atoms with van der Waals surface area (Å²) in [6.45, 7) is 0. The number of hydrogen-bond acceptors (Lipinski definition) is 4. The summed E-state index contributed by atoms with van der Waals surface area (Å²) in [5.74, 6) is 0. The molecule has 0 spiro atoms. The van der Waals surface area contributed by atoms with Crippen molar-refractivity contribution in [1.82, 2.24) is 0 Å². The van der Waals surface area contributed by atoms with E-state index in [4.69, 9.17) is 0 Å². The van der Waals surface area contributed by atoms with Gasteiger partial charge in [0.05, 0.1) is 0 Å². The monoisotopic (exact) mass is 846 g/mol. The Morgan fingerprint density at radius 2 is 0.545 bits per heavy atom. The normalized spacial score (nSPS) is 12.4. The lowest BCUT2D eigenvalue weighted by atomic mass is 9.94. The van der Waals surface area contributed by atoms with Crippen LogP contribution in [0.5, 0.6) is 0 Å². The van der Waals surface area contributed by atoms with Crippen LogP contribution < -0.4 is 19.6 Å². The summed E-state index contributed by atoms with van der Waals surface area (Å²) in [5.41, 5.74) is 21.5. The number of anilines is 12. The predicted octanol–water partition coefficient (Wildman–Crippen LogP) is 17.0. The quantitative estimate of drug-likeness (QED) is 0.143. The lowest BCUT2D eigenvalue weighted by Crippen LogP contribution is -2.19. The van der Waals surface area contributed by atoms with Crippen LogP contribution in [0.15, 0.2) is 255 Å². The highest BCUT2D eigenvalue weighted by Crippen LogP contribution is 2.48. The summed E-state index contributed by atoms with van der Waals surface area (Å²) in [6.07, 6.45) is 1.74. The molecule has 10 aromatic rings. The minimum Gasteiger partial charge on any atom is -0.310 e. The van der Waals surface area contributed by atoms with Crippen molar-refractivity contribution in [1.29, 1.82) is 0 Å². The zero-order valence-electron chi connectivity index (χ0n) is 36.5. The third-order valence-corrected chi connectivity index (χ3v) is 13.0. The molecule has 0 unspecified atom stereocenters. The maximum absolute atomic E-state index is 2.40. The van der Waals surface area contributed by atoms with Crippen LogP contribution in [0.1, 0.15) is 22.3 Å². The average Bonchev–Trinajstić information content (AvgIpc) is 3.39. The molecule has 10 aromatic carbocycles. The Morgan fingerprint density at radius 1 is 0.242 bits per heavy atom. The molecule has 2 heterocycles. The van der Waals surface area contributed by atoms with Crippen LogP contribution in [0, 0.1) is 0 Å². The van der Waals surface area contributed by atoms with Gasteiger partial charge in [-0.15, -0.1) is 0 Å². The first kappa shape index (κ1) is 39.0. The Labute approximate surface area is 387 Å². The number of fused-ring (bicyclic) bond motifs is 4. The van der Waals surface area contributed by atoms with Gasteiger partial charge in [0, 0.05) is 81.1 Å². The minimum atomic E-state index is 0.871. The van der Waals surface area contributed by atoms with E-state index in [0.29, 0.717) is 0 Å². The molecule has 0 fully saturated rings. The SMILES string of the molecule is c1ccc(N(c2ccc(-c3ccc(N(c4ccccc4)c4ccc5c(c4)Cc4ccccc4N5c4ccccc4)cc3)cc2)c2ccc3c(c2)Cc2ccccc2N3c2ccccc2)cc1. The Hall–Kier alpha value is -8.60. The molecule has 0 amide bonds. The van der Waals surface area contributed by atoms with Gasteiger partial charge in [-0.1, -0.05) is 133 Å². The topological polar surface area (TPSA) is 13.0 Å². The first-order valence-corrected chi connectivity index (χ1v) is 22.8. The molecule has 0 saturated carbocycles. The molecule has 0 atom stereocenters. The van der Waals surface area contributed by atoms with Crippen LogP contribution in [-0.2, 0) is 12.8 Å². The van der Waals surface area contributed by atoms with Crippen LogP contribution in [-0.4, -0.2) is 0 Å². The molecular formula is C62H46N4. The smallest absolute Gasteiger partial charge is 0.0498 e. The van der Waals surface area contributed by atoms with E-state index in [1.807, 2.05) is 0 Å². The maximum Gasteiger partial charge on any atom is 0.0498 e. The van der Waals surface area contributed by atoms with Gasteiger partial charge in [-0.2, -0.15) is 0 Å². The van der Waals surface area contributed by atoms with Crippen molar-refractivity contribution in [3.63, 3.8) is 0 Å². The molecule has 0 N–H and O–H groups in total. The largest absolute Gasteiger partial charge is 0.310 e. The first-order valence-electron chi connectivity index (χ1n) is 22.8. The second-order valence-electron chi connectivity index (χ2n) is 17.0. The van der Waals surface area contributed by atoms with E-state index in [0.717, 1.165) is 58.3 Å². The zero-order chi connectivity index (χ0) is 43.8. The van der Waals surface area contributed by atoms with Gasteiger partial charge in [-0.05, 0) is 155 Å². The van der Waals surface area contributed by atoms with E-state index in [9.17, 15) is 0 Å². The third-order valence-electron chi connectivity index (χ3n) is 13.0. The molecule has 0 aromatic heterocycles. The molecule has 0 aliphatic carbocycles. The average molecular weight is 847 g/mol. The summed E-state index contributed by atoms with van der Waals surface area (Å²) in [7, 11) is 0. The van der Waals surface area contributed by atoms with Gasteiger partial charge in [0.2, 0.25) is 0 Å². The molecule has 4 heteroatoms. The number of rotatable bonds is 9. The van der Waals surface area contributed by atoms with Gasteiger partial charge in [0.15, 0.2) is 0 Å². The fourth-order valence-electron chi connectivity index (χ4n) is 9.93. The van der Waals surface area contributed by atoms with Crippen molar-refractivity contribution in [3.8, 4) is 11.1 Å². The Kier molecular flexibility index (Phi) is 9.95. The summed E-state index contributed by atoms with van der Waals surface area (Å²) in [6, 6.07) is 92.2. The Bertz CT molecular complexity index is 3070. The van der Waals surface area contributed by atoms with Crippen LogP contribution in [0.4, 0.5) is 68.2 Å². The van der Waals surface area contributed by atoms with Gasteiger partial charge < -0.3 is 19.6 Å². The van der Waals surface area contributed by atoms with Crippen LogP contribution in [0.2, 0.25) is 0 Å². The fourth-order valence-corrected chi connectivity index (χ4v) is 9.93. The Balaban J connectivity index is 0.865. The minimum absolute atomic E-state index is 0.871. The van der Waals surface area contributed by atoms with Crippen molar-refractivity contribution in [2.75, 3.05) is 19.6 Å². The van der Waals surface area contributed by atoms with Gasteiger partial charge in [0.25, 0.3) is 0 Å². The van der Waals surface area contributed by atoms with Crippen molar-refractivity contribution in [2.45, 2.75) is 12.8 Å². The van der Waals surface area contributed by atoms with E-state index in [1.165, 1.54) is 56.1 Å². The van der Waals surface area contributed by atoms with E-state index in [2.05, 4.69) is 274 Å². The molecule has 0 saturated heterocycles. The fraction of sp³-hybridized carbons (Fsp3) is 0.0323. The molecule has 4 nitrogen and oxygen atoms in total. The molecule has 0 bridgehead atoms. The number of para-hydroxylation sites is 6. The van der Waals surface area contributed by atoms with Gasteiger partial charge >= 0.3 is 0 Å². The standard InChI is InChI=1S/C62H46N4/c1-5-19-51(20-6-1)63(57-37-39-61-49(43-57)41-47-17-13-15-27-59(47)65(61)53-23-9-3-10-24-53)55-33-29-45(30-34-55)46-31-35-56(36-32-46)64(52-21-7-2-8-22-52)58-38-40-62-50(44-58)42-48-18-14-16-28-60(48)66(62)54-25-11-4-12-26-54/h1-40,43-44H,41-42H2. The van der Waals surface area contributed by atoms with Gasteiger partial charge in [-0.25, -0.2) is 0 Å². The number of hydrogen-bond donors (Lipinski definition) is 0. The van der Waals surface area contributed by atoms with Crippen LogP contribution in [0.3, 0.4) is 0 Å². The molecule has 2 aliphatic rings. The molecule has 2 aliphatic heterocycles. The predicted molar refractivity (Wildman–Crippen MR) is 276 cm³/mol. The Morgan fingerprint density at radius 3 is 0.939 bits per heavy atom. The van der Waals surface area contributed by atoms with Crippen molar-refractivity contribution >= 4 is 68.2 Å². The second-order valence-corrected chi connectivity index (χ2v) is 17.0. The second kappa shape index (κ2) is 16.8. The number of nitrogens with zero attached hydrogens (tertiary/aromatic N) is 4. The highest BCUT2D eigenvalue weighted by Gasteiger charge is 2.27. The lowest BCUT2D eigenvalue weighted by Gasteiger charge is -2.35. The van der Waals surface area contributed by atoms with Crippen molar-refractivity contribution in [2.24, 2.45) is 0 Å². The highest BCUT2D eigenvalue weighted by molar-refractivity contribution is 5.89. The highest BCUT2D eigenvalue weighted by atomic mass is 15.2. The summed E-state index contributed by atoms with van der Waals surface area (Å²) >= 11 is 0. The maximum atomic E-state index is 2.40. The molecule has 0 radical (unpaired) electrons. The lowest BCUT2D eigenvalue weighted by molar-refractivity contribution is 1.08. The van der Waals surface area contributed by atoms with E-state index in [-0.39, 0.29) is 0 Å². The molecule has 314 valence electrons. The van der Waals surface area contributed by atoms with Crippen LogP contribution in [0.25, 0.3) is 11.1 Å². The van der Waals surface area contributed by atoms with E-state index < -0.39 is 0 Å². The zero-order valence-corrected chi connectivity index (χ0v) is 36.5.